The van der Waals surface area contributed by atoms with Crippen molar-refractivity contribution in [1.82, 2.24) is 19.8 Å². The fourth-order valence-corrected chi connectivity index (χ4v) is 4.07. The maximum atomic E-state index is 12.6. The zero-order chi connectivity index (χ0) is 22.3. The Hall–Kier alpha value is -2.92. The molecule has 0 spiro atoms. The maximum absolute atomic E-state index is 12.6. The maximum Gasteiger partial charge on any atom is 0.254 e. The molecule has 1 saturated heterocycles. The summed E-state index contributed by atoms with van der Waals surface area (Å²) in [7, 11) is -3.68. The molecule has 1 aromatic heterocycles. The van der Waals surface area contributed by atoms with Crippen LogP contribution in [0.3, 0.4) is 0 Å². The fourth-order valence-electron chi connectivity index (χ4n) is 3.21. The van der Waals surface area contributed by atoms with Crippen LogP contribution in [0.2, 0.25) is 0 Å². The molecule has 2 heterocycles. The number of imidazole rings is 1. The van der Waals surface area contributed by atoms with Gasteiger partial charge in [-0.3, -0.25) is 13.9 Å². The first-order valence-electron chi connectivity index (χ1n) is 10.0. The minimum atomic E-state index is -3.68. The molecule has 11 heteroatoms. The molecule has 2 aromatic rings. The topological polar surface area (TPSA) is 114 Å². The molecule has 1 aliphatic rings. The number of hydrogen-bond donors (Lipinski definition) is 1. The number of carbonyl (C=O) groups excluding carboxylic acids is 2. The number of morpholine rings is 1. The third-order valence-electron chi connectivity index (χ3n) is 4.86. The van der Waals surface area contributed by atoms with Crippen molar-refractivity contribution in [3.63, 3.8) is 0 Å². The predicted molar refractivity (Wildman–Crippen MR) is 115 cm³/mol. The van der Waals surface area contributed by atoms with Crippen LogP contribution in [0, 0.1) is 0 Å². The minimum Gasteiger partial charge on any atom is -0.378 e. The molecule has 0 unspecified atom stereocenters. The Bertz CT molecular complexity index is 970. The Morgan fingerprint density at radius 3 is 2.52 bits per heavy atom. The average molecular weight is 450 g/mol. The van der Waals surface area contributed by atoms with Crippen molar-refractivity contribution >= 4 is 27.5 Å². The van der Waals surface area contributed by atoms with Gasteiger partial charge in [-0.15, -0.1) is 0 Å². The van der Waals surface area contributed by atoms with Gasteiger partial charge in [-0.2, -0.15) is 0 Å². The van der Waals surface area contributed by atoms with Crippen molar-refractivity contribution in [3.05, 3.63) is 48.5 Å². The standard InChI is InChI=1S/C20H27N5O5S/c1-31(28,29)25(15-19(26)22-7-2-9-23-10-8-21-16-23)18-5-3-17(4-6-18)20(27)24-11-13-30-14-12-24/h3-6,8,10,16H,2,7,9,11-15H2,1H3,(H,22,26). The van der Waals surface area contributed by atoms with Gasteiger partial charge in [0.05, 0.1) is 31.5 Å². The summed E-state index contributed by atoms with van der Waals surface area (Å²) in [5, 5.41) is 2.74. The van der Waals surface area contributed by atoms with Crippen molar-refractivity contribution in [2.45, 2.75) is 13.0 Å². The van der Waals surface area contributed by atoms with E-state index in [1.54, 1.807) is 41.7 Å². The molecular weight excluding hydrogens is 422 g/mol. The Balaban J connectivity index is 1.58. The van der Waals surface area contributed by atoms with Gasteiger partial charge in [0, 0.05) is 44.1 Å². The lowest BCUT2D eigenvalue weighted by molar-refractivity contribution is -0.119. The molecule has 0 bridgehead atoms. The Labute approximate surface area is 181 Å². The van der Waals surface area contributed by atoms with Crippen molar-refractivity contribution in [2.24, 2.45) is 0 Å². The summed E-state index contributed by atoms with van der Waals surface area (Å²) >= 11 is 0. The van der Waals surface area contributed by atoms with E-state index in [4.69, 9.17) is 4.74 Å². The van der Waals surface area contributed by atoms with Gasteiger partial charge in [-0.1, -0.05) is 0 Å². The first kappa shape index (κ1) is 22.8. The molecular formula is C20H27N5O5S. The molecule has 1 aromatic carbocycles. The molecule has 31 heavy (non-hydrogen) atoms. The number of sulfonamides is 1. The molecule has 3 rings (SSSR count). The van der Waals surface area contributed by atoms with Crippen LogP contribution < -0.4 is 9.62 Å². The predicted octanol–water partition coefficient (Wildman–Crippen LogP) is 0.328. The molecule has 168 valence electrons. The number of aryl methyl sites for hydroxylation is 1. The number of ether oxygens (including phenoxy) is 1. The van der Waals surface area contributed by atoms with Gasteiger partial charge < -0.3 is 19.5 Å². The van der Waals surface area contributed by atoms with E-state index in [0.717, 1.165) is 10.6 Å². The number of amides is 2. The minimum absolute atomic E-state index is 0.128. The second-order valence-corrected chi connectivity index (χ2v) is 9.13. The van der Waals surface area contributed by atoms with Crippen LogP contribution in [-0.4, -0.2) is 80.3 Å². The molecule has 2 amide bonds. The van der Waals surface area contributed by atoms with Gasteiger partial charge in [0.1, 0.15) is 6.54 Å². The number of benzene rings is 1. The van der Waals surface area contributed by atoms with E-state index in [2.05, 4.69) is 10.3 Å². The quantitative estimate of drug-likeness (QED) is 0.552. The van der Waals surface area contributed by atoms with Gasteiger partial charge in [0.2, 0.25) is 15.9 Å². The second kappa shape index (κ2) is 10.4. The van der Waals surface area contributed by atoms with Crippen LogP contribution in [0.15, 0.2) is 43.0 Å². The number of rotatable bonds is 9. The van der Waals surface area contributed by atoms with Crippen molar-refractivity contribution in [3.8, 4) is 0 Å². The summed E-state index contributed by atoms with van der Waals surface area (Å²) in [4.78, 5) is 30.5. The van der Waals surface area contributed by atoms with E-state index >= 15 is 0 Å². The van der Waals surface area contributed by atoms with Crippen LogP contribution in [0.4, 0.5) is 5.69 Å². The zero-order valence-corrected chi connectivity index (χ0v) is 18.3. The Kier molecular flexibility index (Phi) is 7.64. The van der Waals surface area contributed by atoms with Gasteiger partial charge in [0.25, 0.3) is 5.91 Å². The Morgan fingerprint density at radius 2 is 1.90 bits per heavy atom. The molecule has 1 N–H and O–H groups in total. The summed E-state index contributed by atoms with van der Waals surface area (Å²) in [6.45, 7) is 2.84. The van der Waals surface area contributed by atoms with Gasteiger partial charge in [-0.05, 0) is 30.7 Å². The summed E-state index contributed by atoms with van der Waals surface area (Å²) in [5.74, 6) is -0.527. The van der Waals surface area contributed by atoms with Crippen LogP contribution in [0.5, 0.6) is 0 Å². The monoisotopic (exact) mass is 449 g/mol. The van der Waals surface area contributed by atoms with E-state index in [-0.39, 0.29) is 12.5 Å². The summed E-state index contributed by atoms with van der Waals surface area (Å²) < 4.78 is 32.7. The molecule has 0 aliphatic carbocycles. The summed E-state index contributed by atoms with van der Waals surface area (Å²) in [6.07, 6.45) is 6.95. The van der Waals surface area contributed by atoms with Crippen molar-refractivity contribution in [2.75, 3.05) is 50.0 Å². The highest BCUT2D eigenvalue weighted by Crippen LogP contribution is 2.19. The average Bonchev–Trinajstić information content (AvgIpc) is 3.28. The normalized spacial score (nSPS) is 14.3. The highest BCUT2D eigenvalue weighted by Gasteiger charge is 2.22. The number of anilines is 1. The summed E-state index contributed by atoms with van der Waals surface area (Å²) in [6, 6.07) is 6.24. The van der Waals surface area contributed by atoms with Crippen LogP contribution in [0.1, 0.15) is 16.8 Å². The van der Waals surface area contributed by atoms with Crippen LogP contribution >= 0.6 is 0 Å². The van der Waals surface area contributed by atoms with Gasteiger partial charge >= 0.3 is 0 Å². The first-order chi connectivity index (χ1) is 14.8. The van der Waals surface area contributed by atoms with Gasteiger partial charge in [0.15, 0.2) is 0 Å². The smallest absolute Gasteiger partial charge is 0.254 e. The van der Waals surface area contributed by atoms with Crippen LogP contribution in [0.25, 0.3) is 0 Å². The van der Waals surface area contributed by atoms with Crippen LogP contribution in [-0.2, 0) is 26.1 Å². The van der Waals surface area contributed by atoms with E-state index in [1.165, 1.54) is 0 Å². The van der Waals surface area contributed by atoms with E-state index < -0.39 is 15.9 Å². The zero-order valence-electron chi connectivity index (χ0n) is 17.4. The Morgan fingerprint density at radius 1 is 1.19 bits per heavy atom. The lowest BCUT2D eigenvalue weighted by Gasteiger charge is -2.27. The number of hydrogen-bond acceptors (Lipinski definition) is 6. The lowest BCUT2D eigenvalue weighted by atomic mass is 10.1. The third kappa shape index (κ3) is 6.53. The van der Waals surface area contributed by atoms with Gasteiger partial charge in [-0.25, -0.2) is 13.4 Å². The third-order valence-corrected chi connectivity index (χ3v) is 6.00. The molecule has 1 fully saturated rings. The van der Waals surface area contributed by atoms with E-state index in [9.17, 15) is 18.0 Å². The number of carbonyl (C=O) groups is 2. The molecule has 0 radical (unpaired) electrons. The SMILES string of the molecule is CS(=O)(=O)N(CC(=O)NCCCn1ccnc1)c1ccc(C(=O)N2CCOCC2)cc1. The van der Waals surface area contributed by atoms with Crippen molar-refractivity contribution < 1.29 is 22.7 Å². The van der Waals surface area contributed by atoms with E-state index in [0.29, 0.717) is 57.1 Å². The first-order valence-corrected chi connectivity index (χ1v) is 11.9. The second-order valence-electron chi connectivity index (χ2n) is 7.23. The largest absolute Gasteiger partial charge is 0.378 e. The lowest BCUT2D eigenvalue weighted by Crippen LogP contribution is -2.41. The number of aromatic nitrogens is 2. The molecule has 0 atom stereocenters. The molecule has 0 saturated carbocycles. The molecule has 1 aliphatic heterocycles. The molecule has 10 nitrogen and oxygen atoms in total. The number of nitrogens with one attached hydrogen (secondary N) is 1. The number of nitrogens with zero attached hydrogens (tertiary/aromatic N) is 4. The van der Waals surface area contributed by atoms with Crippen molar-refractivity contribution in [1.29, 1.82) is 0 Å². The fraction of sp³-hybridized carbons (Fsp3) is 0.450. The van der Waals surface area contributed by atoms with E-state index in [1.807, 2.05) is 10.8 Å². The summed E-state index contributed by atoms with van der Waals surface area (Å²) in [5.41, 5.74) is 0.789. The highest BCUT2D eigenvalue weighted by atomic mass is 32.2. The highest BCUT2D eigenvalue weighted by molar-refractivity contribution is 7.92.